The highest BCUT2D eigenvalue weighted by atomic mass is 32.1. The predicted molar refractivity (Wildman–Crippen MR) is 132 cm³/mol. The van der Waals surface area contributed by atoms with Crippen molar-refractivity contribution in [3.63, 3.8) is 0 Å². The number of fused-ring (bicyclic) bond motifs is 2. The lowest BCUT2D eigenvalue weighted by atomic mass is 10.0. The molecular formula is C26H19N3O2S. The maximum absolute atomic E-state index is 12.8. The van der Waals surface area contributed by atoms with Crippen LogP contribution in [0.3, 0.4) is 0 Å². The van der Waals surface area contributed by atoms with Crippen LogP contribution >= 0.6 is 12.2 Å². The Balaban J connectivity index is 1.33. The number of amides is 1. The van der Waals surface area contributed by atoms with Crippen molar-refractivity contribution < 1.29 is 9.21 Å². The van der Waals surface area contributed by atoms with Crippen molar-refractivity contribution in [2.45, 2.75) is 6.92 Å². The van der Waals surface area contributed by atoms with Gasteiger partial charge in [-0.25, -0.2) is 4.98 Å². The van der Waals surface area contributed by atoms with E-state index in [0.29, 0.717) is 28.2 Å². The Morgan fingerprint density at radius 1 is 0.938 bits per heavy atom. The van der Waals surface area contributed by atoms with E-state index >= 15 is 0 Å². The van der Waals surface area contributed by atoms with Gasteiger partial charge >= 0.3 is 0 Å². The first-order chi connectivity index (χ1) is 15.6. The number of hydrogen-bond donors (Lipinski definition) is 2. The molecule has 0 saturated heterocycles. The number of thiocarbonyl (C=S) groups is 1. The Kier molecular flexibility index (Phi) is 5.13. The van der Waals surface area contributed by atoms with Crippen LogP contribution in [0.1, 0.15) is 15.9 Å². The summed E-state index contributed by atoms with van der Waals surface area (Å²) in [5.74, 6) is 0.302. The first-order valence-electron chi connectivity index (χ1n) is 10.1. The third-order valence-corrected chi connectivity index (χ3v) is 5.38. The SMILES string of the molecule is Cc1cccc(-c2nc3cc(NC(=S)NC(=O)c4cccc5ccccc45)ccc3o2)c1. The molecule has 1 amide bonds. The summed E-state index contributed by atoms with van der Waals surface area (Å²) in [5.41, 5.74) is 4.73. The van der Waals surface area contributed by atoms with E-state index in [1.807, 2.05) is 85.8 Å². The minimum absolute atomic E-state index is 0.213. The molecule has 0 unspecified atom stereocenters. The highest BCUT2D eigenvalue weighted by molar-refractivity contribution is 7.80. The predicted octanol–water partition coefficient (Wildman–Crippen LogP) is 6.08. The van der Waals surface area contributed by atoms with Gasteiger partial charge < -0.3 is 9.73 Å². The van der Waals surface area contributed by atoms with Crippen LogP contribution in [0.4, 0.5) is 5.69 Å². The third-order valence-electron chi connectivity index (χ3n) is 5.17. The highest BCUT2D eigenvalue weighted by Gasteiger charge is 2.13. The number of nitrogens with one attached hydrogen (secondary N) is 2. The van der Waals surface area contributed by atoms with Crippen LogP contribution in [0, 0.1) is 6.92 Å². The fourth-order valence-corrected chi connectivity index (χ4v) is 3.87. The summed E-state index contributed by atoms with van der Waals surface area (Å²) >= 11 is 5.37. The third kappa shape index (κ3) is 3.96. The van der Waals surface area contributed by atoms with Crippen molar-refractivity contribution in [2.24, 2.45) is 0 Å². The van der Waals surface area contributed by atoms with Crippen molar-refractivity contribution in [2.75, 3.05) is 5.32 Å². The summed E-state index contributed by atoms with van der Waals surface area (Å²) in [6, 6.07) is 26.9. The molecule has 0 aliphatic heterocycles. The van der Waals surface area contributed by atoms with Gasteiger partial charge in [-0.15, -0.1) is 0 Å². The van der Waals surface area contributed by atoms with E-state index in [2.05, 4.69) is 15.6 Å². The lowest BCUT2D eigenvalue weighted by molar-refractivity contribution is 0.0979. The van der Waals surface area contributed by atoms with Gasteiger partial charge in [-0.1, -0.05) is 54.1 Å². The van der Waals surface area contributed by atoms with Crippen molar-refractivity contribution >= 4 is 50.8 Å². The topological polar surface area (TPSA) is 67.2 Å². The van der Waals surface area contributed by atoms with E-state index in [9.17, 15) is 4.79 Å². The molecule has 5 rings (SSSR count). The fraction of sp³-hybridized carbons (Fsp3) is 0.0385. The number of carbonyl (C=O) groups excluding carboxylic acids is 1. The van der Waals surface area contributed by atoms with E-state index in [0.717, 1.165) is 21.9 Å². The quantitative estimate of drug-likeness (QED) is 0.335. The molecule has 156 valence electrons. The molecule has 1 aromatic heterocycles. The highest BCUT2D eigenvalue weighted by Crippen LogP contribution is 2.27. The molecule has 0 fully saturated rings. The maximum Gasteiger partial charge on any atom is 0.258 e. The number of benzene rings is 4. The monoisotopic (exact) mass is 437 g/mol. The molecule has 5 nitrogen and oxygen atoms in total. The van der Waals surface area contributed by atoms with Crippen LogP contribution < -0.4 is 10.6 Å². The molecule has 32 heavy (non-hydrogen) atoms. The van der Waals surface area contributed by atoms with Crippen LogP contribution in [0.2, 0.25) is 0 Å². The first-order valence-corrected chi connectivity index (χ1v) is 10.6. The molecule has 0 radical (unpaired) electrons. The Morgan fingerprint density at radius 3 is 2.62 bits per heavy atom. The Bertz CT molecular complexity index is 1480. The number of nitrogens with zero attached hydrogens (tertiary/aromatic N) is 1. The molecule has 0 atom stereocenters. The lowest BCUT2D eigenvalue weighted by Gasteiger charge is -2.11. The normalized spacial score (nSPS) is 10.9. The Labute approximate surface area is 190 Å². The molecule has 4 aromatic carbocycles. The average molecular weight is 438 g/mol. The molecule has 0 spiro atoms. The molecule has 6 heteroatoms. The second-order valence-corrected chi connectivity index (χ2v) is 7.91. The van der Waals surface area contributed by atoms with Gasteiger partial charge in [0.05, 0.1) is 0 Å². The van der Waals surface area contributed by atoms with Gasteiger partial charge in [0.15, 0.2) is 10.7 Å². The summed E-state index contributed by atoms with van der Waals surface area (Å²) < 4.78 is 5.89. The van der Waals surface area contributed by atoms with E-state index in [4.69, 9.17) is 16.6 Å². The number of aryl methyl sites for hydroxylation is 1. The Hall–Kier alpha value is -4.03. The minimum Gasteiger partial charge on any atom is -0.436 e. The number of oxazole rings is 1. The standard InChI is InChI=1S/C26H19N3O2S/c1-16-6-4-9-18(14-16)25-28-22-15-19(12-13-23(22)31-25)27-26(32)29-24(30)21-11-5-8-17-7-2-3-10-20(17)21/h2-15H,1H3,(H2,27,29,30,32). The zero-order chi connectivity index (χ0) is 22.1. The van der Waals surface area contributed by atoms with Crippen LogP contribution in [-0.2, 0) is 0 Å². The molecule has 2 N–H and O–H groups in total. The van der Waals surface area contributed by atoms with Crippen molar-refractivity contribution in [1.29, 1.82) is 0 Å². The molecular weight excluding hydrogens is 418 g/mol. The van der Waals surface area contributed by atoms with Crippen LogP contribution in [0.15, 0.2) is 89.3 Å². The smallest absolute Gasteiger partial charge is 0.258 e. The van der Waals surface area contributed by atoms with Gasteiger partial charge in [-0.2, -0.15) is 0 Å². The van der Waals surface area contributed by atoms with Gasteiger partial charge in [-0.05, 0) is 66.3 Å². The number of hydrogen-bond acceptors (Lipinski definition) is 4. The zero-order valence-corrected chi connectivity index (χ0v) is 18.1. The van der Waals surface area contributed by atoms with Gasteiger partial charge in [0.1, 0.15) is 5.52 Å². The molecule has 1 heterocycles. The van der Waals surface area contributed by atoms with E-state index in [1.54, 1.807) is 6.07 Å². The molecule has 5 aromatic rings. The van der Waals surface area contributed by atoms with E-state index in [-0.39, 0.29) is 11.0 Å². The second kappa shape index (κ2) is 8.24. The first kappa shape index (κ1) is 19.9. The Morgan fingerprint density at radius 2 is 1.75 bits per heavy atom. The van der Waals surface area contributed by atoms with Crippen LogP contribution in [-0.4, -0.2) is 16.0 Å². The van der Waals surface area contributed by atoms with Crippen molar-refractivity contribution in [3.05, 3.63) is 96.1 Å². The van der Waals surface area contributed by atoms with Crippen LogP contribution in [0.25, 0.3) is 33.3 Å². The number of rotatable bonds is 3. The summed E-state index contributed by atoms with van der Waals surface area (Å²) in [6.45, 7) is 2.03. The van der Waals surface area contributed by atoms with Gasteiger partial charge in [0.2, 0.25) is 5.89 Å². The molecule has 0 saturated carbocycles. The van der Waals surface area contributed by atoms with Gasteiger partial charge in [0.25, 0.3) is 5.91 Å². The second-order valence-electron chi connectivity index (χ2n) is 7.51. The minimum atomic E-state index is -0.261. The molecule has 0 bridgehead atoms. The molecule has 0 aliphatic carbocycles. The largest absolute Gasteiger partial charge is 0.436 e. The van der Waals surface area contributed by atoms with Crippen molar-refractivity contribution in [3.8, 4) is 11.5 Å². The van der Waals surface area contributed by atoms with Gasteiger partial charge in [-0.3, -0.25) is 10.1 Å². The zero-order valence-electron chi connectivity index (χ0n) is 17.3. The summed E-state index contributed by atoms with van der Waals surface area (Å²) in [4.78, 5) is 17.4. The maximum atomic E-state index is 12.8. The number of carbonyl (C=O) groups is 1. The summed E-state index contributed by atoms with van der Waals surface area (Å²) in [7, 11) is 0. The average Bonchev–Trinajstić information content (AvgIpc) is 3.22. The van der Waals surface area contributed by atoms with Crippen LogP contribution in [0.5, 0.6) is 0 Å². The molecule has 0 aliphatic rings. The lowest BCUT2D eigenvalue weighted by Crippen LogP contribution is -2.34. The number of anilines is 1. The van der Waals surface area contributed by atoms with E-state index in [1.165, 1.54) is 0 Å². The van der Waals surface area contributed by atoms with Crippen molar-refractivity contribution in [1.82, 2.24) is 10.3 Å². The van der Waals surface area contributed by atoms with E-state index < -0.39 is 0 Å². The van der Waals surface area contributed by atoms with Gasteiger partial charge in [0, 0.05) is 16.8 Å². The summed E-state index contributed by atoms with van der Waals surface area (Å²) in [5, 5.41) is 7.91. The fourth-order valence-electron chi connectivity index (χ4n) is 3.66. The summed E-state index contributed by atoms with van der Waals surface area (Å²) in [6.07, 6.45) is 0. The number of aromatic nitrogens is 1.